The fourth-order valence-corrected chi connectivity index (χ4v) is 2.77. The summed E-state index contributed by atoms with van der Waals surface area (Å²) in [6, 6.07) is 11.1. The number of benzene rings is 2. The number of hydrogen-bond acceptors (Lipinski definition) is 7. The zero-order valence-corrected chi connectivity index (χ0v) is 17.7. The molecule has 0 fully saturated rings. The van der Waals surface area contributed by atoms with E-state index >= 15 is 0 Å². The summed E-state index contributed by atoms with van der Waals surface area (Å²) in [6.07, 6.45) is -4.78. The summed E-state index contributed by atoms with van der Waals surface area (Å²) in [4.78, 5) is 8.48. The summed E-state index contributed by atoms with van der Waals surface area (Å²) in [5.41, 5.74) is 1.06. The van der Waals surface area contributed by atoms with Gasteiger partial charge in [-0.15, -0.1) is 13.2 Å². The maximum atomic E-state index is 12.4. The van der Waals surface area contributed by atoms with E-state index in [1.807, 2.05) is 0 Å². The van der Waals surface area contributed by atoms with Crippen molar-refractivity contribution in [1.29, 1.82) is 0 Å². The van der Waals surface area contributed by atoms with Crippen molar-refractivity contribution in [2.75, 3.05) is 0 Å². The molecule has 1 aromatic heterocycles. The number of halogens is 5. The Kier molecular flexibility index (Phi) is 7.76. The summed E-state index contributed by atoms with van der Waals surface area (Å²) in [5, 5.41) is 9.11. The molecule has 180 valence electrons. The van der Waals surface area contributed by atoms with Crippen molar-refractivity contribution in [1.82, 2.24) is 15.1 Å². The van der Waals surface area contributed by atoms with Gasteiger partial charge in [0.25, 0.3) is 0 Å². The van der Waals surface area contributed by atoms with Gasteiger partial charge in [-0.2, -0.15) is 18.9 Å². The van der Waals surface area contributed by atoms with Crippen molar-refractivity contribution >= 4 is 12.6 Å². The predicted octanol–water partition coefficient (Wildman–Crippen LogP) is 5.27. The Labute approximate surface area is 190 Å². The number of ether oxygens (including phenoxy) is 2. The molecule has 0 aliphatic carbocycles. The molecule has 0 unspecified atom stereocenters. The normalized spacial score (nSPS) is 12.0. The minimum absolute atomic E-state index is 0.00530. The van der Waals surface area contributed by atoms with E-state index in [9.17, 15) is 22.0 Å². The number of aliphatic imine (C=N–C) groups is 1. The molecule has 8 nitrogen and oxygen atoms in total. The van der Waals surface area contributed by atoms with E-state index in [-0.39, 0.29) is 36.3 Å². The third kappa shape index (κ3) is 7.25. The minimum atomic E-state index is -4.78. The maximum Gasteiger partial charge on any atom is 0.573 e. The zero-order valence-electron chi connectivity index (χ0n) is 17.7. The lowest BCUT2D eigenvalue weighted by atomic mass is 10.2. The molecule has 0 N–H and O–H groups in total. The van der Waals surface area contributed by atoms with Gasteiger partial charge in [0.05, 0.1) is 6.54 Å². The van der Waals surface area contributed by atoms with E-state index in [1.165, 1.54) is 29.3 Å². The Morgan fingerprint density at radius 1 is 1.15 bits per heavy atom. The molecule has 0 saturated heterocycles. The molecule has 34 heavy (non-hydrogen) atoms. The molecule has 2 aromatic carbocycles. The fraction of sp³-hybridized carbons (Fsp3) is 0.238. The van der Waals surface area contributed by atoms with Crippen LogP contribution in [0.2, 0.25) is 0 Å². The highest BCUT2D eigenvalue weighted by atomic mass is 19.4. The maximum absolute atomic E-state index is 12.4. The molecule has 0 amide bonds. The smallest absolute Gasteiger partial charge is 0.435 e. The second kappa shape index (κ2) is 10.7. The first-order valence-electron chi connectivity index (χ1n) is 9.60. The van der Waals surface area contributed by atoms with Crippen LogP contribution in [0.5, 0.6) is 11.5 Å². The van der Waals surface area contributed by atoms with Crippen LogP contribution in [-0.2, 0) is 13.1 Å². The van der Waals surface area contributed by atoms with Gasteiger partial charge in [-0.25, -0.2) is 5.01 Å². The predicted molar refractivity (Wildman–Crippen MR) is 111 cm³/mol. The van der Waals surface area contributed by atoms with Crippen molar-refractivity contribution in [2.45, 2.75) is 33.0 Å². The molecular weight excluding hydrogens is 465 g/mol. The van der Waals surface area contributed by atoms with E-state index in [1.54, 1.807) is 19.1 Å². The molecule has 0 saturated carbocycles. The van der Waals surface area contributed by atoms with Crippen molar-refractivity contribution in [3.05, 3.63) is 60.0 Å². The summed E-state index contributed by atoms with van der Waals surface area (Å²) < 4.78 is 75.0. The van der Waals surface area contributed by atoms with Gasteiger partial charge in [-0.1, -0.05) is 17.3 Å². The van der Waals surface area contributed by atoms with E-state index in [2.05, 4.69) is 36.4 Å². The lowest BCUT2D eigenvalue weighted by Gasteiger charge is -2.18. The van der Waals surface area contributed by atoms with Crippen LogP contribution in [0.3, 0.4) is 0 Å². The number of hydrazone groups is 1. The van der Waals surface area contributed by atoms with E-state index in [0.717, 1.165) is 12.1 Å². The van der Waals surface area contributed by atoms with E-state index < -0.39 is 13.0 Å². The molecule has 0 aliphatic heterocycles. The molecular formula is C21H18F5N5O3. The van der Waals surface area contributed by atoms with Gasteiger partial charge in [-0.3, -0.25) is 4.99 Å². The third-order valence-electron chi connectivity index (χ3n) is 4.26. The number of alkyl halides is 5. The Morgan fingerprint density at radius 3 is 2.53 bits per heavy atom. The number of rotatable bonds is 9. The molecule has 1 heterocycles. The topological polar surface area (TPSA) is 85.3 Å². The lowest BCUT2D eigenvalue weighted by Crippen LogP contribution is -2.22. The molecule has 0 aliphatic rings. The molecule has 0 radical (unpaired) electrons. The van der Waals surface area contributed by atoms with Crippen LogP contribution in [0.4, 0.5) is 22.0 Å². The van der Waals surface area contributed by atoms with Crippen LogP contribution >= 0.6 is 0 Å². The third-order valence-corrected chi connectivity index (χ3v) is 4.26. The number of nitrogens with zero attached hydrogens (tertiary/aromatic N) is 5. The first-order valence-corrected chi connectivity index (χ1v) is 9.60. The highest BCUT2D eigenvalue weighted by Crippen LogP contribution is 2.25. The van der Waals surface area contributed by atoms with E-state index in [0.29, 0.717) is 17.0 Å². The van der Waals surface area contributed by atoms with Gasteiger partial charge in [0, 0.05) is 12.3 Å². The van der Waals surface area contributed by atoms with Crippen LogP contribution < -0.4 is 9.47 Å². The average Bonchev–Trinajstić information content (AvgIpc) is 3.24. The van der Waals surface area contributed by atoms with Crippen molar-refractivity contribution < 1.29 is 35.9 Å². The first-order chi connectivity index (χ1) is 16.1. The van der Waals surface area contributed by atoms with Gasteiger partial charge in [0.15, 0.2) is 0 Å². The summed E-state index contributed by atoms with van der Waals surface area (Å²) in [7, 11) is 0. The number of aromatic nitrogens is 2. The van der Waals surface area contributed by atoms with Gasteiger partial charge in [0.1, 0.15) is 23.9 Å². The van der Waals surface area contributed by atoms with Gasteiger partial charge in [-0.05, 0) is 48.9 Å². The van der Waals surface area contributed by atoms with Crippen molar-refractivity contribution in [2.24, 2.45) is 10.1 Å². The van der Waals surface area contributed by atoms with Gasteiger partial charge in [0.2, 0.25) is 11.7 Å². The van der Waals surface area contributed by atoms with Crippen molar-refractivity contribution in [3.8, 4) is 22.9 Å². The lowest BCUT2D eigenvalue weighted by molar-refractivity contribution is -0.274. The summed E-state index contributed by atoms with van der Waals surface area (Å²) in [5.74, 6) is 0.395. The molecule has 13 heteroatoms. The molecule has 0 bridgehead atoms. The molecule has 0 atom stereocenters. The highest BCUT2D eigenvalue weighted by molar-refractivity contribution is 5.79. The van der Waals surface area contributed by atoms with Gasteiger partial charge >= 0.3 is 13.0 Å². The largest absolute Gasteiger partial charge is 0.573 e. The Hall–Kier alpha value is -4.03. The molecule has 3 rings (SSSR count). The minimum Gasteiger partial charge on any atom is -0.435 e. The van der Waals surface area contributed by atoms with Gasteiger partial charge < -0.3 is 14.0 Å². The second-order valence-electron chi connectivity index (χ2n) is 6.67. The van der Waals surface area contributed by atoms with Crippen LogP contribution in [0.25, 0.3) is 11.4 Å². The van der Waals surface area contributed by atoms with Crippen LogP contribution in [0.1, 0.15) is 18.4 Å². The standard InChI is InChI=1S/C21H18F5N5O3/c1-13(31(27-2)12-14-4-3-5-17(10-14)32-20(22)23)28-11-18-29-19(30-34-18)15-6-8-16(9-7-15)33-21(24,25)26/h3-10,20H,2,11-12H2,1H3/b28-13-. The van der Waals surface area contributed by atoms with Crippen LogP contribution in [-0.4, -0.2) is 40.7 Å². The number of hydrogen-bond donors (Lipinski definition) is 0. The Balaban J connectivity index is 1.63. The zero-order chi connectivity index (χ0) is 24.7. The highest BCUT2D eigenvalue weighted by Gasteiger charge is 2.31. The van der Waals surface area contributed by atoms with Crippen LogP contribution in [0, 0.1) is 0 Å². The SMILES string of the molecule is C=NN(Cc1cccc(OC(F)F)c1)/C(C)=N\Cc1nc(-c2ccc(OC(F)(F)F)cc2)no1. The van der Waals surface area contributed by atoms with E-state index in [4.69, 9.17) is 4.52 Å². The Morgan fingerprint density at radius 2 is 1.88 bits per heavy atom. The number of amidine groups is 1. The summed E-state index contributed by atoms with van der Waals surface area (Å²) >= 11 is 0. The molecule has 3 aromatic rings. The fourth-order valence-electron chi connectivity index (χ4n) is 2.77. The quantitative estimate of drug-likeness (QED) is 0.178. The monoisotopic (exact) mass is 483 g/mol. The van der Waals surface area contributed by atoms with Crippen LogP contribution in [0.15, 0.2) is 63.1 Å². The molecule has 0 spiro atoms. The second-order valence-corrected chi connectivity index (χ2v) is 6.67. The Bertz CT molecular complexity index is 1130. The van der Waals surface area contributed by atoms with Crippen molar-refractivity contribution in [3.63, 3.8) is 0 Å². The summed E-state index contributed by atoms with van der Waals surface area (Å²) in [6.45, 7) is 2.40. The average molecular weight is 483 g/mol. The first kappa shape index (κ1) is 24.6.